The molecule has 5 nitrogen and oxygen atoms in total. The maximum atomic E-state index is 4.71. The van der Waals surface area contributed by atoms with Crippen molar-refractivity contribution < 1.29 is 20.1 Å². The van der Waals surface area contributed by atoms with Crippen molar-refractivity contribution >= 4 is 50.7 Å². The minimum atomic E-state index is 0. The topological polar surface area (TPSA) is 36.7 Å². The van der Waals surface area contributed by atoms with E-state index in [4.69, 9.17) is 4.98 Å². The van der Waals surface area contributed by atoms with Crippen LogP contribution in [0.25, 0.3) is 33.2 Å². The molecule has 0 N–H and O–H groups in total. The molecule has 3 aromatic heterocycles. The second-order valence-electron chi connectivity index (χ2n) is 12.0. The van der Waals surface area contributed by atoms with E-state index in [1.54, 1.807) is 0 Å². The Bertz CT molecular complexity index is 2290. The molecule has 0 saturated heterocycles. The largest absolute Gasteiger partial charge is 0.501 e. The number of fused-ring (bicyclic) bond motifs is 4. The van der Waals surface area contributed by atoms with Gasteiger partial charge in [-0.25, -0.2) is 4.98 Å². The molecule has 0 fully saturated rings. The van der Waals surface area contributed by atoms with Gasteiger partial charge in [-0.2, -0.15) is 12.1 Å². The molecule has 4 heterocycles. The zero-order valence-corrected chi connectivity index (χ0v) is 29.5. The molecule has 0 aliphatic carbocycles. The molecule has 1 aliphatic heterocycles. The number of pyridine rings is 2. The minimum Gasteiger partial charge on any atom is -0.371 e. The summed E-state index contributed by atoms with van der Waals surface area (Å²) in [5.41, 5.74) is 12.2. The van der Waals surface area contributed by atoms with Crippen LogP contribution in [0.15, 0.2) is 116 Å². The van der Waals surface area contributed by atoms with E-state index in [0.29, 0.717) is 0 Å². The number of para-hydroxylation sites is 3. The molecule has 1 radical (unpaired) electrons. The van der Waals surface area contributed by atoms with Crippen molar-refractivity contribution in [1.29, 1.82) is 0 Å². The number of hydrogen-bond acceptors (Lipinski definition) is 2. The molecule has 47 heavy (non-hydrogen) atoms. The summed E-state index contributed by atoms with van der Waals surface area (Å²) >= 11 is 0. The molecular weight excluding hydrogens is 755 g/mol. The predicted molar refractivity (Wildman–Crippen MR) is 190 cm³/mol. The van der Waals surface area contributed by atoms with Crippen LogP contribution >= 0.6 is 0 Å². The number of aryl methyl sites for hydroxylation is 3. The Morgan fingerprint density at radius 2 is 1.49 bits per heavy atom. The van der Waals surface area contributed by atoms with Crippen LogP contribution in [0.1, 0.15) is 36.6 Å². The van der Waals surface area contributed by atoms with E-state index in [1.807, 2.05) is 36.7 Å². The summed E-state index contributed by atoms with van der Waals surface area (Å²) < 4.78 is 6.55. The number of rotatable bonds is 4. The van der Waals surface area contributed by atoms with Gasteiger partial charge in [0.05, 0.1) is 0 Å². The van der Waals surface area contributed by atoms with E-state index in [2.05, 4.69) is 150 Å². The maximum absolute atomic E-state index is 4.71. The Balaban J connectivity index is 0.000000204. The van der Waals surface area contributed by atoms with Gasteiger partial charge in [0.25, 0.3) is 11.4 Å². The zero-order valence-electron chi connectivity index (χ0n) is 27.1. The molecule has 0 spiro atoms. The summed E-state index contributed by atoms with van der Waals surface area (Å²) in [4.78, 5) is 9.12. The fourth-order valence-electron chi connectivity index (χ4n) is 5.95. The first-order valence-corrected chi connectivity index (χ1v) is 15.6. The molecule has 8 rings (SSSR count). The van der Waals surface area contributed by atoms with Crippen molar-refractivity contribution in [3.63, 3.8) is 0 Å². The molecule has 1 aliphatic rings. The molecule has 233 valence electrons. The summed E-state index contributed by atoms with van der Waals surface area (Å²) in [6, 6.07) is 45.9. The fourth-order valence-corrected chi connectivity index (χ4v) is 5.95. The average Bonchev–Trinajstić information content (AvgIpc) is 3.64. The van der Waals surface area contributed by atoms with Crippen LogP contribution in [0.5, 0.6) is 0 Å². The smallest absolute Gasteiger partial charge is 0.371 e. The fraction of sp³-hybridized carbons (Fsp3) is 0.146. The van der Waals surface area contributed by atoms with E-state index < -0.39 is 0 Å². The monoisotopic (exact) mass is 790 g/mol. The number of benzene rings is 4. The Morgan fingerprint density at radius 1 is 0.745 bits per heavy atom. The van der Waals surface area contributed by atoms with Crippen LogP contribution in [0.3, 0.4) is 0 Å². The van der Waals surface area contributed by atoms with Crippen LogP contribution < -0.4 is 9.15 Å². The molecule has 0 amide bonds. The minimum absolute atomic E-state index is 0. The molecular formula is C41H35IrN5. The van der Waals surface area contributed by atoms with Gasteiger partial charge in [0, 0.05) is 73.7 Å². The quantitative estimate of drug-likeness (QED) is 0.132. The van der Waals surface area contributed by atoms with Crippen molar-refractivity contribution in [1.82, 2.24) is 23.7 Å². The second kappa shape index (κ2) is 13.4. The van der Waals surface area contributed by atoms with Gasteiger partial charge in [-0.3, -0.25) is 0 Å². The van der Waals surface area contributed by atoms with E-state index in [9.17, 15) is 0 Å². The molecule has 0 unspecified atom stereocenters. The number of nitrogens with zero attached hydrogens (tertiary/aromatic N) is 5. The van der Waals surface area contributed by atoms with E-state index in [0.717, 1.165) is 50.6 Å². The Kier molecular flexibility index (Phi) is 9.11. The third kappa shape index (κ3) is 6.00. The van der Waals surface area contributed by atoms with Crippen LogP contribution in [-0.2, 0) is 20.1 Å². The maximum Gasteiger partial charge on any atom is 0.501 e. The van der Waals surface area contributed by atoms with Gasteiger partial charge >= 0.3 is 6.01 Å². The van der Waals surface area contributed by atoms with Crippen molar-refractivity contribution in [2.75, 3.05) is 0 Å². The van der Waals surface area contributed by atoms with Crippen LogP contribution in [0, 0.1) is 32.9 Å². The summed E-state index contributed by atoms with van der Waals surface area (Å²) in [5.74, 6) is 0. The molecule has 6 heteroatoms. The van der Waals surface area contributed by atoms with Gasteiger partial charge in [0.15, 0.2) is 0 Å². The normalized spacial score (nSPS) is 11.9. The van der Waals surface area contributed by atoms with Crippen LogP contribution in [0.2, 0.25) is 0 Å². The first-order valence-electron chi connectivity index (χ1n) is 15.6. The van der Waals surface area contributed by atoms with Crippen LogP contribution in [0.4, 0.5) is 22.7 Å². The molecule has 0 bridgehead atoms. The van der Waals surface area contributed by atoms with E-state index >= 15 is 0 Å². The third-order valence-electron chi connectivity index (χ3n) is 8.43. The predicted octanol–water partition coefficient (Wildman–Crippen LogP) is 9.90. The third-order valence-corrected chi connectivity index (χ3v) is 8.43. The van der Waals surface area contributed by atoms with Crippen molar-refractivity contribution in [2.24, 2.45) is 0 Å². The number of aromatic nitrogens is 3. The van der Waals surface area contributed by atoms with Gasteiger partial charge in [0.2, 0.25) is 5.69 Å². The van der Waals surface area contributed by atoms with Gasteiger partial charge in [-0.05, 0) is 49.6 Å². The molecule has 0 atom stereocenters. The summed E-state index contributed by atoms with van der Waals surface area (Å²) in [7, 11) is 0. The van der Waals surface area contributed by atoms with Crippen LogP contribution in [-0.4, -0.2) is 20.5 Å². The first-order chi connectivity index (χ1) is 22.4. The Labute approximate surface area is 289 Å². The average molecular weight is 790 g/mol. The van der Waals surface area contributed by atoms with Gasteiger partial charge in [-0.15, -0.1) is 41.5 Å². The van der Waals surface area contributed by atoms with Crippen molar-refractivity contribution in [3.05, 3.63) is 144 Å². The molecule has 4 aromatic carbocycles. The van der Waals surface area contributed by atoms with Crippen molar-refractivity contribution in [2.45, 2.75) is 40.7 Å². The van der Waals surface area contributed by atoms with Gasteiger partial charge < -0.3 is 9.55 Å². The SMILES string of the molecule is CC(C)n1c2ncccc2c2cc[c-]c([N+]3=C=[N+](c4ccccc4)c4ccccc43)c21.Cc1c[c-]c(-c2cc(C)c(C)cn2)cc1.[Ir]. The summed E-state index contributed by atoms with van der Waals surface area (Å²) in [5, 5.41) is 2.34. The van der Waals surface area contributed by atoms with Crippen molar-refractivity contribution in [3.8, 4) is 11.3 Å². The Hall–Kier alpha value is -4.99. The zero-order chi connectivity index (χ0) is 31.8. The first kappa shape index (κ1) is 32.0. The second-order valence-corrected chi connectivity index (χ2v) is 12.0. The number of hydrogen-bond donors (Lipinski definition) is 0. The standard InChI is InChI=1S/C27H21N4.C14H14N.Ir/c1-19(2)31-26-21(22-13-9-17-28-27(22)31)12-8-16-25(26)30-18-29(20-10-4-3-5-11-20)23-14-6-7-15-24(23)30;1-10-4-6-13(7-5-10)14-8-11(2)12(3)9-15-14;/h3-15,17,19H,1-2H3;4-6,8-9H,1-3H3;/q+1;-1;. The molecule has 7 aromatic rings. The Morgan fingerprint density at radius 3 is 2.19 bits per heavy atom. The van der Waals surface area contributed by atoms with E-state index in [1.165, 1.54) is 22.1 Å². The molecule has 0 saturated carbocycles. The van der Waals surface area contributed by atoms with Gasteiger partial charge in [-0.1, -0.05) is 64.9 Å². The van der Waals surface area contributed by atoms with Gasteiger partial charge in [0.1, 0.15) is 11.3 Å². The van der Waals surface area contributed by atoms with E-state index in [-0.39, 0.29) is 26.1 Å². The summed E-state index contributed by atoms with van der Waals surface area (Å²) in [6.07, 6.45) is 3.78. The summed E-state index contributed by atoms with van der Waals surface area (Å²) in [6.45, 7) is 10.6.